The molecule has 0 aliphatic carbocycles. The van der Waals surface area contributed by atoms with E-state index in [0.29, 0.717) is 26.9 Å². The molecule has 0 spiro atoms. The van der Waals surface area contributed by atoms with Crippen LogP contribution < -0.4 is 10.1 Å². The number of thiazole rings is 1. The summed E-state index contributed by atoms with van der Waals surface area (Å²) in [6.07, 6.45) is 3.09. The van der Waals surface area contributed by atoms with Crippen molar-refractivity contribution in [3.05, 3.63) is 94.8 Å². The summed E-state index contributed by atoms with van der Waals surface area (Å²) in [5, 5.41) is 3.41. The summed E-state index contributed by atoms with van der Waals surface area (Å²) < 4.78 is 33.0. The van der Waals surface area contributed by atoms with Crippen LogP contribution in [0.4, 0.5) is 8.78 Å². The van der Waals surface area contributed by atoms with E-state index in [0.717, 1.165) is 5.56 Å². The van der Waals surface area contributed by atoms with E-state index in [9.17, 15) is 13.6 Å². The molecule has 0 saturated carbocycles. The highest BCUT2D eigenvalue weighted by atomic mass is 32.1. The number of aryl methyl sites for hydroxylation is 1. The van der Waals surface area contributed by atoms with Crippen LogP contribution in [0.1, 0.15) is 20.9 Å². The molecule has 31 heavy (non-hydrogen) atoms. The fourth-order valence-corrected chi connectivity index (χ4v) is 3.85. The Balaban J connectivity index is 1.42. The van der Waals surface area contributed by atoms with Crippen LogP contribution in [0.3, 0.4) is 0 Å². The highest BCUT2D eigenvalue weighted by molar-refractivity contribution is 7.17. The first-order chi connectivity index (χ1) is 15.0. The lowest BCUT2D eigenvalue weighted by Crippen LogP contribution is -2.22. The van der Waals surface area contributed by atoms with Crippen LogP contribution >= 0.6 is 11.3 Å². The van der Waals surface area contributed by atoms with Crippen LogP contribution in [0, 0.1) is 18.6 Å². The van der Waals surface area contributed by atoms with Gasteiger partial charge in [0, 0.05) is 18.3 Å². The Bertz CT molecular complexity index is 1210. The summed E-state index contributed by atoms with van der Waals surface area (Å²) in [6, 6.07) is 13.8. The molecule has 8 heteroatoms. The average Bonchev–Trinajstić information content (AvgIpc) is 3.16. The van der Waals surface area contributed by atoms with Gasteiger partial charge < -0.3 is 10.1 Å². The minimum atomic E-state index is -0.539. The Morgan fingerprint density at radius 3 is 2.65 bits per heavy atom. The number of carbonyl (C=O) groups is 1. The maximum Gasteiger partial charge on any atom is 0.263 e. The first kappa shape index (κ1) is 20.6. The number of nitrogens with one attached hydrogen (secondary N) is 1. The third-order valence-corrected chi connectivity index (χ3v) is 5.61. The second kappa shape index (κ2) is 9.01. The van der Waals surface area contributed by atoms with Gasteiger partial charge >= 0.3 is 0 Å². The molecule has 0 aliphatic heterocycles. The highest BCUT2D eigenvalue weighted by Crippen LogP contribution is 2.28. The predicted molar refractivity (Wildman–Crippen MR) is 114 cm³/mol. The normalized spacial score (nSPS) is 10.7. The molecule has 0 saturated heterocycles. The zero-order chi connectivity index (χ0) is 21.8. The zero-order valence-electron chi connectivity index (χ0n) is 16.4. The SMILES string of the molecule is Cc1nc(-c2ccc(F)cc2)sc1C(=O)NCc1ccc(Oc2cccnc2)c(F)c1. The average molecular weight is 437 g/mol. The quantitative estimate of drug-likeness (QED) is 0.432. The minimum absolute atomic E-state index is 0.0744. The van der Waals surface area contributed by atoms with Crippen LogP contribution in [0.2, 0.25) is 0 Å². The van der Waals surface area contributed by atoms with Crippen LogP contribution in [0.15, 0.2) is 67.0 Å². The first-order valence-electron chi connectivity index (χ1n) is 9.37. The van der Waals surface area contributed by atoms with Crippen molar-refractivity contribution >= 4 is 17.2 Å². The standard InChI is InChI=1S/C23H17F2N3O2S/c1-14-21(31-23(28-14)16-5-7-17(24)8-6-16)22(29)27-12-15-4-9-20(19(25)11-15)30-18-3-2-10-26-13-18/h2-11,13H,12H2,1H3,(H,27,29). The molecule has 2 aromatic carbocycles. The number of carbonyl (C=O) groups excluding carboxylic acids is 1. The van der Waals surface area contributed by atoms with Crippen molar-refractivity contribution in [2.75, 3.05) is 0 Å². The smallest absolute Gasteiger partial charge is 0.263 e. The highest BCUT2D eigenvalue weighted by Gasteiger charge is 2.16. The molecule has 0 atom stereocenters. The molecular weight excluding hydrogens is 420 g/mol. The van der Waals surface area contributed by atoms with E-state index >= 15 is 0 Å². The summed E-state index contributed by atoms with van der Waals surface area (Å²) in [5.74, 6) is -0.674. The fourth-order valence-electron chi connectivity index (χ4n) is 2.86. The molecule has 4 aromatic rings. The molecule has 1 N–H and O–H groups in total. The van der Waals surface area contributed by atoms with Gasteiger partial charge in [0.2, 0.25) is 0 Å². The molecule has 0 bridgehead atoms. The van der Waals surface area contributed by atoms with Crippen molar-refractivity contribution < 1.29 is 18.3 Å². The monoisotopic (exact) mass is 437 g/mol. The van der Waals surface area contributed by atoms with E-state index in [1.165, 1.54) is 41.8 Å². The summed E-state index contributed by atoms with van der Waals surface area (Å²) in [6.45, 7) is 1.88. The van der Waals surface area contributed by atoms with E-state index < -0.39 is 5.82 Å². The van der Waals surface area contributed by atoms with E-state index in [-0.39, 0.29) is 24.0 Å². The topological polar surface area (TPSA) is 64.1 Å². The van der Waals surface area contributed by atoms with Gasteiger partial charge in [-0.2, -0.15) is 0 Å². The molecule has 1 amide bonds. The number of hydrogen-bond acceptors (Lipinski definition) is 5. The maximum atomic E-state index is 14.4. The van der Waals surface area contributed by atoms with Gasteiger partial charge in [-0.05, 0) is 61.0 Å². The fraction of sp³-hybridized carbons (Fsp3) is 0.0870. The summed E-state index contributed by atoms with van der Waals surface area (Å²) in [4.78, 5) is 21.4. The Morgan fingerprint density at radius 2 is 1.94 bits per heavy atom. The molecule has 0 aliphatic rings. The van der Waals surface area contributed by atoms with E-state index in [1.807, 2.05) is 0 Å². The van der Waals surface area contributed by atoms with Crippen LogP contribution in [-0.4, -0.2) is 15.9 Å². The lowest BCUT2D eigenvalue weighted by Gasteiger charge is -2.09. The van der Waals surface area contributed by atoms with Gasteiger partial charge in [0.05, 0.1) is 11.9 Å². The lowest BCUT2D eigenvalue weighted by atomic mass is 10.2. The summed E-state index contributed by atoms with van der Waals surface area (Å²) in [5.41, 5.74) is 1.90. The Kier molecular flexibility index (Phi) is 5.99. The van der Waals surface area contributed by atoms with Crippen LogP contribution in [0.25, 0.3) is 10.6 Å². The number of aromatic nitrogens is 2. The molecule has 0 unspecified atom stereocenters. The van der Waals surface area contributed by atoms with E-state index in [1.54, 1.807) is 43.5 Å². The van der Waals surface area contributed by atoms with E-state index in [2.05, 4.69) is 15.3 Å². The van der Waals surface area contributed by atoms with Gasteiger partial charge in [-0.25, -0.2) is 13.8 Å². The van der Waals surface area contributed by atoms with Gasteiger partial charge in [0.15, 0.2) is 11.6 Å². The second-order valence-electron chi connectivity index (χ2n) is 6.68. The van der Waals surface area contributed by atoms with Crippen molar-refractivity contribution in [2.45, 2.75) is 13.5 Å². The van der Waals surface area contributed by atoms with Gasteiger partial charge in [0.1, 0.15) is 21.5 Å². The predicted octanol–water partition coefficient (Wildman–Crippen LogP) is 5.51. The van der Waals surface area contributed by atoms with Gasteiger partial charge in [-0.3, -0.25) is 9.78 Å². The number of nitrogens with zero attached hydrogens (tertiary/aromatic N) is 2. The maximum absolute atomic E-state index is 14.4. The molecular formula is C23H17F2N3O2S. The summed E-state index contributed by atoms with van der Waals surface area (Å²) >= 11 is 1.22. The van der Waals surface area contributed by atoms with Crippen molar-refractivity contribution in [1.29, 1.82) is 0 Å². The number of hydrogen-bond donors (Lipinski definition) is 1. The number of amides is 1. The Hall–Kier alpha value is -3.65. The number of pyridine rings is 1. The molecule has 0 fully saturated rings. The molecule has 2 heterocycles. The van der Waals surface area contributed by atoms with Crippen molar-refractivity contribution in [2.24, 2.45) is 0 Å². The largest absolute Gasteiger partial charge is 0.453 e. The van der Waals surface area contributed by atoms with Gasteiger partial charge in [-0.1, -0.05) is 6.07 Å². The minimum Gasteiger partial charge on any atom is -0.453 e. The number of benzene rings is 2. The molecule has 2 aromatic heterocycles. The van der Waals surface area contributed by atoms with Crippen LogP contribution in [0.5, 0.6) is 11.5 Å². The number of halogens is 2. The second-order valence-corrected chi connectivity index (χ2v) is 7.68. The van der Waals surface area contributed by atoms with Crippen LogP contribution in [-0.2, 0) is 6.54 Å². The Labute approximate surface area is 181 Å². The first-order valence-corrected chi connectivity index (χ1v) is 10.2. The zero-order valence-corrected chi connectivity index (χ0v) is 17.2. The van der Waals surface area contributed by atoms with Crippen molar-refractivity contribution in [1.82, 2.24) is 15.3 Å². The lowest BCUT2D eigenvalue weighted by molar-refractivity contribution is 0.0954. The Morgan fingerprint density at radius 1 is 1.13 bits per heavy atom. The van der Waals surface area contributed by atoms with Crippen molar-refractivity contribution in [3.63, 3.8) is 0 Å². The van der Waals surface area contributed by atoms with Crippen molar-refractivity contribution in [3.8, 4) is 22.1 Å². The molecule has 0 radical (unpaired) electrons. The number of ether oxygens (including phenoxy) is 1. The summed E-state index contributed by atoms with van der Waals surface area (Å²) in [7, 11) is 0. The number of rotatable bonds is 6. The molecule has 4 rings (SSSR count). The van der Waals surface area contributed by atoms with Gasteiger partial charge in [-0.15, -0.1) is 11.3 Å². The third kappa shape index (κ3) is 4.92. The molecule has 156 valence electrons. The third-order valence-electron chi connectivity index (χ3n) is 4.41. The van der Waals surface area contributed by atoms with Gasteiger partial charge in [0.25, 0.3) is 5.91 Å². The molecule has 5 nitrogen and oxygen atoms in total. The van der Waals surface area contributed by atoms with E-state index in [4.69, 9.17) is 4.74 Å².